The van der Waals surface area contributed by atoms with Gasteiger partial charge in [-0.25, -0.2) is 4.39 Å². The van der Waals surface area contributed by atoms with Gasteiger partial charge < -0.3 is 5.32 Å². The Balaban J connectivity index is 2.20. The Morgan fingerprint density at radius 2 is 2.00 bits per heavy atom. The van der Waals surface area contributed by atoms with Crippen molar-refractivity contribution in [2.45, 2.75) is 13.0 Å². The average molecular weight is 455 g/mol. The summed E-state index contributed by atoms with van der Waals surface area (Å²) >= 11 is 11.4. The van der Waals surface area contributed by atoms with Gasteiger partial charge in [0.25, 0.3) is 0 Å². The third-order valence-electron chi connectivity index (χ3n) is 2.75. The summed E-state index contributed by atoms with van der Waals surface area (Å²) in [7, 11) is 0. The molecule has 1 N–H and O–H groups in total. The van der Waals surface area contributed by atoms with Crippen LogP contribution in [-0.2, 0) is 0 Å². The van der Waals surface area contributed by atoms with Crippen molar-refractivity contribution in [1.29, 1.82) is 0 Å². The maximum Gasteiger partial charge on any atom is 0.137 e. The molecule has 0 saturated carbocycles. The van der Waals surface area contributed by atoms with E-state index in [4.69, 9.17) is 11.6 Å². The Kier molecular flexibility index (Phi) is 5.09. The van der Waals surface area contributed by atoms with Gasteiger partial charge in [-0.2, -0.15) is 0 Å². The van der Waals surface area contributed by atoms with E-state index in [1.165, 1.54) is 6.07 Å². The van der Waals surface area contributed by atoms with Crippen LogP contribution in [0.4, 0.5) is 10.1 Å². The van der Waals surface area contributed by atoms with Gasteiger partial charge >= 0.3 is 0 Å². The van der Waals surface area contributed by atoms with Crippen LogP contribution in [0, 0.1) is 9.39 Å². The molecule has 5 heteroatoms. The predicted molar refractivity (Wildman–Crippen MR) is 90.3 cm³/mol. The molecule has 1 unspecified atom stereocenters. The van der Waals surface area contributed by atoms with Crippen molar-refractivity contribution < 1.29 is 4.39 Å². The molecule has 0 aliphatic heterocycles. The molecule has 0 aromatic heterocycles. The van der Waals surface area contributed by atoms with E-state index in [0.29, 0.717) is 9.50 Å². The highest BCUT2D eigenvalue weighted by atomic mass is 127. The van der Waals surface area contributed by atoms with Crippen molar-refractivity contribution in [1.82, 2.24) is 0 Å². The molecule has 1 atom stereocenters. The predicted octanol–water partition coefficient (Wildman–Crippen LogP) is 6.02. The summed E-state index contributed by atoms with van der Waals surface area (Å²) in [5.74, 6) is -0.253. The Hall–Kier alpha value is -0.330. The number of hydrogen-bond donors (Lipinski definition) is 1. The number of nitrogens with one attached hydrogen (secondary N) is 1. The highest BCUT2D eigenvalue weighted by molar-refractivity contribution is 14.1. The molecule has 100 valence electrons. The highest BCUT2D eigenvalue weighted by Gasteiger charge is 2.09. The summed E-state index contributed by atoms with van der Waals surface area (Å²) in [6, 6.07) is 10.8. The van der Waals surface area contributed by atoms with Crippen LogP contribution in [0.1, 0.15) is 18.5 Å². The molecular formula is C14H11BrClFIN. The summed E-state index contributed by atoms with van der Waals surface area (Å²) in [5, 5.41) is 4.11. The lowest BCUT2D eigenvalue weighted by Crippen LogP contribution is -2.07. The third-order valence-corrected chi connectivity index (χ3v) is 4.48. The molecule has 0 aliphatic rings. The number of benzene rings is 2. The van der Waals surface area contributed by atoms with Gasteiger partial charge in [0, 0.05) is 20.3 Å². The van der Waals surface area contributed by atoms with Gasteiger partial charge in [-0.3, -0.25) is 0 Å². The van der Waals surface area contributed by atoms with Gasteiger partial charge in [-0.1, -0.05) is 17.7 Å². The lowest BCUT2D eigenvalue weighted by Gasteiger charge is -2.17. The van der Waals surface area contributed by atoms with Crippen LogP contribution in [0.3, 0.4) is 0 Å². The van der Waals surface area contributed by atoms with E-state index in [9.17, 15) is 4.39 Å². The van der Waals surface area contributed by atoms with Crippen LogP contribution >= 0.6 is 50.1 Å². The second-order valence-corrected chi connectivity index (χ2v) is 6.62. The largest absolute Gasteiger partial charge is 0.378 e. The summed E-state index contributed by atoms with van der Waals surface area (Å²) < 4.78 is 14.7. The molecule has 2 aromatic carbocycles. The standard InChI is InChI=1S/C14H11BrClFIN/c1-8(9-2-4-12(17)11(15)6-9)19-14-5-3-10(16)7-13(14)18/h2-8,19H,1H3. The second kappa shape index (κ2) is 6.41. The van der Waals surface area contributed by atoms with Crippen molar-refractivity contribution in [2.75, 3.05) is 5.32 Å². The van der Waals surface area contributed by atoms with Crippen LogP contribution in [0.15, 0.2) is 40.9 Å². The fraction of sp³-hybridized carbons (Fsp3) is 0.143. The fourth-order valence-electron chi connectivity index (χ4n) is 1.70. The first-order valence-electron chi connectivity index (χ1n) is 5.64. The quantitative estimate of drug-likeness (QED) is 0.560. The molecule has 2 aromatic rings. The molecule has 0 saturated heterocycles. The molecule has 1 nitrogen and oxygen atoms in total. The monoisotopic (exact) mass is 453 g/mol. The van der Waals surface area contributed by atoms with Crippen molar-refractivity contribution in [3.05, 3.63) is 60.8 Å². The molecule has 0 fully saturated rings. The van der Waals surface area contributed by atoms with Gasteiger partial charge in [0.05, 0.1) is 4.47 Å². The van der Waals surface area contributed by atoms with Gasteiger partial charge in [0.2, 0.25) is 0 Å². The normalized spacial score (nSPS) is 12.3. The molecule has 19 heavy (non-hydrogen) atoms. The zero-order chi connectivity index (χ0) is 14.0. The minimum Gasteiger partial charge on any atom is -0.378 e. The summed E-state index contributed by atoms with van der Waals surface area (Å²) in [4.78, 5) is 0. The zero-order valence-electron chi connectivity index (χ0n) is 10.1. The van der Waals surface area contributed by atoms with E-state index in [1.807, 2.05) is 25.1 Å². The SMILES string of the molecule is CC(Nc1ccc(Cl)cc1I)c1ccc(F)c(Br)c1. The summed E-state index contributed by atoms with van der Waals surface area (Å²) in [6.45, 7) is 2.03. The number of rotatable bonds is 3. The van der Waals surface area contributed by atoms with Crippen LogP contribution in [0.2, 0.25) is 5.02 Å². The van der Waals surface area contributed by atoms with Gasteiger partial charge in [0.15, 0.2) is 0 Å². The van der Waals surface area contributed by atoms with Crippen molar-refractivity contribution in [2.24, 2.45) is 0 Å². The van der Waals surface area contributed by atoms with Crippen LogP contribution in [-0.4, -0.2) is 0 Å². The molecule has 0 heterocycles. The van der Waals surface area contributed by atoms with Crippen molar-refractivity contribution in [3.8, 4) is 0 Å². The lowest BCUT2D eigenvalue weighted by molar-refractivity contribution is 0.619. The Bertz CT molecular complexity index is 606. The number of anilines is 1. The van der Waals surface area contributed by atoms with Crippen LogP contribution in [0.5, 0.6) is 0 Å². The summed E-state index contributed by atoms with van der Waals surface area (Å²) in [6.07, 6.45) is 0. The lowest BCUT2D eigenvalue weighted by atomic mass is 10.1. The van der Waals surface area contributed by atoms with E-state index in [0.717, 1.165) is 14.8 Å². The van der Waals surface area contributed by atoms with E-state index in [1.54, 1.807) is 12.1 Å². The molecule has 2 rings (SSSR count). The van der Waals surface area contributed by atoms with Crippen LogP contribution < -0.4 is 5.32 Å². The fourth-order valence-corrected chi connectivity index (χ4v) is 3.13. The van der Waals surface area contributed by atoms with Crippen molar-refractivity contribution in [3.63, 3.8) is 0 Å². The molecule has 0 radical (unpaired) electrons. The Morgan fingerprint density at radius 3 is 2.63 bits per heavy atom. The molecule has 0 spiro atoms. The first-order chi connectivity index (χ1) is 8.97. The zero-order valence-corrected chi connectivity index (χ0v) is 14.6. The van der Waals surface area contributed by atoms with E-state index in [-0.39, 0.29) is 11.9 Å². The molecule has 0 aliphatic carbocycles. The first-order valence-corrected chi connectivity index (χ1v) is 7.89. The summed E-state index contributed by atoms with van der Waals surface area (Å²) in [5.41, 5.74) is 2.02. The third kappa shape index (κ3) is 3.83. The highest BCUT2D eigenvalue weighted by Crippen LogP contribution is 2.28. The molecular weight excluding hydrogens is 443 g/mol. The van der Waals surface area contributed by atoms with Crippen LogP contribution in [0.25, 0.3) is 0 Å². The van der Waals surface area contributed by atoms with E-state index >= 15 is 0 Å². The maximum atomic E-state index is 13.2. The Labute approximate surface area is 138 Å². The van der Waals surface area contributed by atoms with E-state index < -0.39 is 0 Å². The number of hydrogen-bond acceptors (Lipinski definition) is 1. The first kappa shape index (κ1) is 15.1. The van der Waals surface area contributed by atoms with Gasteiger partial charge in [-0.05, 0) is 81.3 Å². The second-order valence-electron chi connectivity index (χ2n) is 4.16. The van der Waals surface area contributed by atoms with E-state index in [2.05, 4.69) is 43.8 Å². The maximum absolute atomic E-state index is 13.2. The van der Waals surface area contributed by atoms with Crippen molar-refractivity contribution >= 4 is 55.8 Å². The van der Waals surface area contributed by atoms with Gasteiger partial charge in [0.1, 0.15) is 5.82 Å². The molecule has 0 bridgehead atoms. The smallest absolute Gasteiger partial charge is 0.137 e. The topological polar surface area (TPSA) is 12.0 Å². The minimum atomic E-state index is -0.253. The Morgan fingerprint density at radius 1 is 1.26 bits per heavy atom. The molecule has 0 amide bonds. The minimum absolute atomic E-state index is 0.0755. The average Bonchev–Trinajstić information content (AvgIpc) is 2.36. The van der Waals surface area contributed by atoms with Gasteiger partial charge in [-0.15, -0.1) is 0 Å². The number of halogens is 4.